The van der Waals surface area contributed by atoms with Gasteiger partial charge in [-0.2, -0.15) is 5.26 Å². The molecule has 21 heavy (non-hydrogen) atoms. The van der Waals surface area contributed by atoms with Gasteiger partial charge < -0.3 is 10.2 Å². The van der Waals surface area contributed by atoms with E-state index in [0.717, 1.165) is 49.2 Å². The minimum absolute atomic E-state index is 0.436. The van der Waals surface area contributed by atoms with E-state index in [-0.39, 0.29) is 0 Å². The van der Waals surface area contributed by atoms with Gasteiger partial charge in [0, 0.05) is 24.5 Å². The first-order valence-electron chi connectivity index (χ1n) is 7.60. The van der Waals surface area contributed by atoms with Crippen molar-refractivity contribution < 1.29 is 0 Å². The molecule has 2 heterocycles. The van der Waals surface area contributed by atoms with Crippen LogP contribution in [0.15, 0.2) is 30.3 Å². The number of hydrogen-bond acceptors (Lipinski definition) is 4. The zero-order valence-corrected chi connectivity index (χ0v) is 12.3. The molecule has 1 fully saturated rings. The second kappa shape index (κ2) is 6.11. The van der Waals surface area contributed by atoms with Crippen LogP contribution in [-0.2, 0) is 0 Å². The van der Waals surface area contributed by atoms with Crippen LogP contribution in [0.1, 0.15) is 25.3 Å². The van der Waals surface area contributed by atoms with Crippen LogP contribution in [-0.4, -0.2) is 30.7 Å². The Morgan fingerprint density at radius 2 is 2.29 bits per heavy atom. The third kappa shape index (κ3) is 2.70. The van der Waals surface area contributed by atoms with Crippen molar-refractivity contribution in [2.75, 3.05) is 24.5 Å². The van der Waals surface area contributed by atoms with Gasteiger partial charge in [-0.3, -0.25) is 0 Å². The highest BCUT2D eigenvalue weighted by Crippen LogP contribution is 2.26. The smallest absolute Gasteiger partial charge is 0.147 e. The fourth-order valence-corrected chi connectivity index (χ4v) is 3.01. The Morgan fingerprint density at radius 3 is 3.00 bits per heavy atom. The number of anilines is 1. The van der Waals surface area contributed by atoms with Crippen molar-refractivity contribution in [2.24, 2.45) is 0 Å². The summed E-state index contributed by atoms with van der Waals surface area (Å²) in [7, 11) is 0. The van der Waals surface area contributed by atoms with Crippen molar-refractivity contribution >= 4 is 16.7 Å². The molecular formula is C17H20N4. The Balaban J connectivity index is 2.08. The number of hydrogen-bond donors (Lipinski definition) is 1. The van der Waals surface area contributed by atoms with E-state index in [2.05, 4.69) is 23.2 Å². The highest BCUT2D eigenvalue weighted by molar-refractivity contribution is 5.83. The molecule has 0 bridgehead atoms. The monoisotopic (exact) mass is 280 g/mol. The van der Waals surface area contributed by atoms with Crippen molar-refractivity contribution in [3.05, 3.63) is 35.9 Å². The Bertz CT molecular complexity index is 668. The van der Waals surface area contributed by atoms with Crippen molar-refractivity contribution in [3.8, 4) is 6.07 Å². The molecule has 0 aliphatic carbocycles. The standard InChI is InChI=1S/C17H20N4/c1-2-9-21(15-7-8-19-12-15)17-14(11-18)10-13-5-3-4-6-16(13)20-17/h3-6,10,15,19H,2,7-9,12H2,1H3. The molecule has 4 nitrogen and oxygen atoms in total. The summed E-state index contributed by atoms with van der Waals surface area (Å²) < 4.78 is 0. The average Bonchev–Trinajstić information content (AvgIpc) is 3.05. The maximum atomic E-state index is 9.51. The fourth-order valence-electron chi connectivity index (χ4n) is 3.01. The van der Waals surface area contributed by atoms with Crippen LogP contribution in [0.2, 0.25) is 0 Å². The molecule has 1 atom stereocenters. The van der Waals surface area contributed by atoms with Crippen molar-refractivity contribution in [1.29, 1.82) is 5.26 Å². The third-order valence-corrected chi connectivity index (χ3v) is 4.04. The number of nitriles is 1. The van der Waals surface area contributed by atoms with E-state index in [1.165, 1.54) is 0 Å². The quantitative estimate of drug-likeness (QED) is 0.935. The molecule has 0 radical (unpaired) electrons. The lowest BCUT2D eigenvalue weighted by Gasteiger charge is -2.30. The highest BCUT2D eigenvalue weighted by atomic mass is 15.2. The normalized spacial score (nSPS) is 17.8. The number of nitrogens with one attached hydrogen (secondary N) is 1. The summed E-state index contributed by atoms with van der Waals surface area (Å²) in [6.45, 7) is 5.12. The molecule has 1 saturated heterocycles. The molecule has 1 aromatic carbocycles. The van der Waals surface area contributed by atoms with E-state index in [0.29, 0.717) is 11.6 Å². The molecule has 2 aromatic rings. The minimum atomic E-state index is 0.436. The van der Waals surface area contributed by atoms with Gasteiger partial charge in [-0.1, -0.05) is 25.1 Å². The summed E-state index contributed by atoms with van der Waals surface area (Å²) in [6.07, 6.45) is 2.16. The number of benzene rings is 1. The van der Waals surface area contributed by atoms with E-state index in [9.17, 15) is 5.26 Å². The molecule has 1 aliphatic rings. The molecule has 3 rings (SSSR count). The van der Waals surface area contributed by atoms with E-state index in [1.54, 1.807) is 0 Å². The van der Waals surface area contributed by atoms with Crippen LogP contribution in [0, 0.1) is 11.3 Å². The number of para-hydroxylation sites is 1. The van der Waals surface area contributed by atoms with Crippen LogP contribution >= 0.6 is 0 Å². The predicted molar refractivity (Wildman–Crippen MR) is 85.4 cm³/mol. The summed E-state index contributed by atoms with van der Waals surface area (Å²) in [5, 5.41) is 13.9. The third-order valence-electron chi connectivity index (χ3n) is 4.04. The fraction of sp³-hybridized carbons (Fsp3) is 0.412. The van der Waals surface area contributed by atoms with Crippen LogP contribution in [0.4, 0.5) is 5.82 Å². The number of rotatable bonds is 4. The lowest BCUT2D eigenvalue weighted by atomic mass is 10.1. The number of fused-ring (bicyclic) bond motifs is 1. The van der Waals surface area contributed by atoms with E-state index >= 15 is 0 Å². The van der Waals surface area contributed by atoms with E-state index < -0.39 is 0 Å². The Kier molecular flexibility index (Phi) is 4.03. The van der Waals surface area contributed by atoms with Gasteiger partial charge in [0.15, 0.2) is 0 Å². The van der Waals surface area contributed by atoms with Crippen molar-refractivity contribution in [1.82, 2.24) is 10.3 Å². The molecule has 0 spiro atoms. The summed E-state index contributed by atoms with van der Waals surface area (Å²) in [6, 6.07) is 12.7. The Hall–Kier alpha value is -2.12. The first-order chi connectivity index (χ1) is 10.3. The summed E-state index contributed by atoms with van der Waals surface area (Å²) in [5.41, 5.74) is 1.63. The zero-order chi connectivity index (χ0) is 14.7. The van der Waals surface area contributed by atoms with E-state index in [4.69, 9.17) is 4.98 Å². The van der Waals surface area contributed by atoms with Crippen LogP contribution < -0.4 is 10.2 Å². The molecule has 108 valence electrons. The van der Waals surface area contributed by atoms with Gasteiger partial charge in [0.2, 0.25) is 0 Å². The van der Waals surface area contributed by atoms with Crippen molar-refractivity contribution in [3.63, 3.8) is 0 Å². The Morgan fingerprint density at radius 1 is 1.43 bits per heavy atom. The second-order valence-electron chi connectivity index (χ2n) is 5.50. The minimum Gasteiger partial charge on any atom is -0.351 e. The van der Waals surface area contributed by atoms with Gasteiger partial charge in [0.25, 0.3) is 0 Å². The van der Waals surface area contributed by atoms with Crippen LogP contribution in [0.3, 0.4) is 0 Å². The lowest BCUT2D eigenvalue weighted by Crippen LogP contribution is -2.38. The molecule has 1 aliphatic heterocycles. The average molecular weight is 280 g/mol. The summed E-state index contributed by atoms with van der Waals surface area (Å²) in [4.78, 5) is 7.10. The maximum absolute atomic E-state index is 9.51. The van der Waals surface area contributed by atoms with Gasteiger partial charge in [-0.25, -0.2) is 4.98 Å². The molecule has 4 heteroatoms. The Labute approximate surface area is 125 Å². The molecule has 1 unspecified atom stereocenters. The number of pyridine rings is 1. The number of aromatic nitrogens is 1. The summed E-state index contributed by atoms with van der Waals surface area (Å²) >= 11 is 0. The van der Waals surface area contributed by atoms with Crippen LogP contribution in [0.25, 0.3) is 10.9 Å². The zero-order valence-electron chi connectivity index (χ0n) is 12.3. The van der Waals surface area contributed by atoms with Crippen LogP contribution in [0.5, 0.6) is 0 Å². The van der Waals surface area contributed by atoms with Gasteiger partial charge in [-0.15, -0.1) is 0 Å². The molecule has 1 N–H and O–H groups in total. The molecule has 0 saturated carbocycles. The lowest BCUT2D eigenvalue weighted by molar-refractivity contribution is 0.618. The van der Waals surface area contributed by atoms with Gasteiger partial charge in [0.05, 0.1) is 11.1 Å². The van der Waals surface area contributed by atoms with Gasteiger partial charge in [-0.05, 0) is 31.5 Å². The summed E-state index contributed by atoms with van der Waals surface area (Å²) in [5.74, 6) is 0.840. The largest absolute Gasteiger partial charge is 0.351 e. The van der Waals surface area contributed by atoms with Gasteiger partial charge in [0.1, 0.15) is 11.9 Å². The SMILES string of the molecule is CCCN(c1nc2ccccc2cc1C#N)C1CCNC1. The van der Waals surface area contributed by atoms with Crippen molar-refractivity contribution in [2.45, 2.75) is 25.8 Å². The highest BCUT2D eigenvalue weighted by Gasteiger charge is 2.25. The molecule has 0 amide bonds. The molecular weight excluding hydrogens is 260 g/mol. The van der Waals surface area contributed by atoms with Gasteiger partial charge >= 0.3 is 0 Å². The maximum Gasteiger partial charge on any atom is 0.147 e. The first kappa shape index (κ1) is 13.8. The predicted octanol–water partition coefficient (Wildman–Crippen LogP) is 2.68. The topological polar surface area (TPSA) is 52.0 Å². The number of nitrogens with zero attached hydrogens (tertiary/aromatic N) is 3. The molecule has 1 aromatic heterocycles. The van der Waals surface area contributed by atoms with E-state index in [1.807, 2.05) is 30.3 Å². The first-order valence-corrected chi connectivity index (χ1v) is 7.60. The second-order valence-corrected chi connectivity index (χ2v) is 5.50.